The van der Waals surface area contributed by atoms with Gasteiger partial charge in [0.25, 0.3) is 0 Å². The Morgan fingerprint density at radius 3 is 2.36 bits per heavy atom. The molecule has 2 heterocycles. The van der Waals surface area contributed by atoms with Crippen LogP contribution in [-0.2, 0) is 16.1 Å². The molecule has 8 heteroatoms. The first-order chi connectivity index (χ1) is 21.0. The van der Waals surface area contributed by atoms with Crippen molar-refractivity contribution in [2.24, 2.45) is 17.3 Å². The van der Waals surface area contributed by atoms with Crippen LogP contribution in [0.15, 0.2) is 41.0 Å². The third-order valence-electron chi connectivity index (χ3n) is 8.87. The van der Waals surface area contributed by atoms with E-state index >= 15 is 0 Å². The maximum atomic E-state index is 14.2. The number of carboxylic acids is 1. The molecule has 7 nitrogen and oxygen atoms in total. The number of amides is 1. The normalized spacial score (nSPS) is 25.2. The van der Waals surface area contributed by atoms with Crippen LogP contribution >= 0.6 is 11.8 Å². The second-order valence-corrected chi connectivity index (χ2v) is 14.6. The fourth-order valence-electron chi connectivity index (χ4n) is 6.43. The molecule has 240 valence electrons. The average Bonchev–Trinajstić information content (AvgIpc) is 3.49. The van der Waals surface area contributed by atoms with Crippen LogP contribution in [0.25, 0.3) is 0 Å². The number of nitrogens with zero attached hydrogens (tertiary/aromatic N) is 3. The summed E-state index contributed by atoms with van der Waals surface area (Å²) in [6, 6.07) is 5.92. The van der Waals surface area contributed by atoms with E-state index in [0.717, 1.165) is 81.6 Å². The lowest BCUT2D eigenvalue weighted by molar-refractivity contribution is -0.137. The quantitative estimate of drug-likeness (QED) is 0.167. The topological polar surface area (TPSA) is 83.0 Å². The van der Waals surface area contributed by atoms with Crippen LogP contribution < -0.4 is 4.74 Å². The molecule has 0 radical (unpaired) electrons. The second kappa shape index (κ2) is 16.0. The maximum absolute atomic E-state index is 14.2. The van der Waals surface area contributed by atoms with Crippen molar-refractivity contribution >= 4 is 23.6 Å². The van der Waals surface area contributed by atoms with E-state index in [4.69, 9.17) is 9.72 Å². The maximum Gasteiger partial charge on any atom is 0.330 e. The molecule has 4 rings (SSSR count). The van der Waals surface area contributed by atoms with Crippen molar-refractivity contribution in [3.8, 4) is 17.7 Å². The molecule has 0 atom stereocenters. The molecule has 1 aromatic heterocycles. The Kier molecular flexibility index (Phi) is 12.4. The third kappa shape index (κ3) is 10.4. The van der Waals surface area contributed by atoms with Crippen molar-refractivity contribution in [2.45, 2.75) is 111 Å². The van der Waals surface area contributed by atoms with Crippen molar-refractivity contribution in [3.63, 3.8) is 0 Å². The summed E-state index contributed by atoms with van der Waals surface area (Å²) in [6.07, 6.45) is 14.2. The van der Waals surface area contributed by atoms with Gasteiger partial charge in [0, 0.05) is 36.1 Å². The largest absolute Gasteiger partial charge is 0.478 e. The second-order valence-electron chi connectivity index (χ2n) is 13.8. The summed E-state index contributed by atoms with van der Waals surface area (Å²) in [6.45, 7) is 11.5. The molecule has 3 fully saturated rings. The molecule has 0 spiro atoms. The van der Waals surface area contributed by atoms with Gasteiger partial charge in [-0.1, -0.05) is 24.8 Å². The van der Waals surface area contributed by atoms with Crippen LogP contribution in [0, 0.1) is 29.1 Å². The minimum atomic E-state index is -1.06. The summed E-state index contributed by atoms with van der Waals surface area (Å²) in [4.78, 5) is 36.1. The van der Waals surface area contributed by atoms with E-state index < -0.39 is 5.97 Å². The summed E-state index contributed by atoms with van der Waals surface area (Å²) in [5, 5.41) is 9.90. The van der Waals surface area contributed by atoms with Gasteiger partial charge in [-0.15, -0.1) is 11.8 Å². The molecule has 44 heavy (non-hydrogen) atoms. The van der Waals surface area contributed by atoms with Crippen LogP contribution in [0.3, 0.4) is 0 Å². The molecule has 1 aromatic rings. The van der Waals surface area contributed by atoms with Crippen LogP contribution in [0.1, 0.15) is 97.6 Å². The summed E-state index contributed by atoms with van der Waals surface area (Å²) in [5.74, 6) is 6.66. The minimum absolute atomic E-state index is 0.00937. The highest BCUT2D eigenvalue weighted by atomic mass is 32.2. The molecule has 1 amide bonds. The molecule has 0 aromatic carbocycles. The molecule has 1 saturated heterocycles. The molecule has 3 aliphatic rings. The number of pyridine rings is 1. The minimum Gasteiger partial charge on any atom is -0.478 e. The van der Waals surface area contributed by atoms with Gasteiger partial charge >= 0.3 is 5.97 Å². The van der Waals surface area contributed by atoms with E-state index in [1.165, 1.54) is 30.7 Å². The molecule has 2 aliphatic carbocycles. The SMILES string of the molecule is CS/C(C#CC(C)(C)C)=C\C(=C\C(=O)O)N(C(=O)C1CCC(C)CC1)C1CCC(Oc2cccc(CN3CCCC3)n2)CC1. The number of thioether (sulfide) groups is 1. The van der Waals surface area contributed by atoms with Crippen LogP contribution in [-0.4, -0.2) is 63.3 Å². The summed E-state index contributed by atoms with van der Waals surface area (Å²) in [7, 11) is 0. The van der Waals surface area contributed by atoms with Gasteiger partial charge in [0.2, 0.25) is 11.8 Å². The number of hydrogen-bond donors (Lipinski definition) is 1. The van der Waals surface area contributed by atoms with Crippen LogP contribution in [0.4, 0.5) is 0 Å². The smallest absolute Gasteiger partial charge is 0.330 e. The van der Waals surface area contributed by atoms with Crippen LogP contribution in [0.5, 0.6) is 5.88 Å². The van der Waals surface area contributed by atoms with E-state index in [0.29, 0.717) is 17.5 Å². The number of aliphatic carboxylic acids is 1. The number of carbonyl (C=O) groups is 2. The zero-order valence-corrected chi connectivity index (χ0v) is 28.1. The summed E-state index contributed by atoms with van der Waals surface area (Å²) >= 11 is 1.48. The van der Waals surface area contributed by atoms with Gasteiger partial charge in [-0.25, -0.2) is 9.78 Å². The number of rotatable bonds is 10. The van der Waals surface area contributed by atoms with E-state index in [-0.39, 0.29) is 29.4 Å². The van der Waals surface area contributed by atoms with Gasteiger partial charge in [-0.05, 0) is 122 Å². The lowest BCUT2D eigenvalue weighted by atomic mass is 9.81. The first-order valence-corrected chi connectivity index (χ1v) is 17.6. The Hall–Kier alpha value is -2.76. The van der Waals surface area contributed by atoms with Crippen molar-refractivity contribution in [1.29, 1.82) is 0 Å². The van der Waals surface area contributed by atoms with E-state index in [9.17, 15) is 14.7 Å². The number of carboxylic acid groups (broad SMARTS) is 1. The molecule has 1 N–H and O–H groups in total. The van der Waals surface area contributed by atoms with Gasteiger partial charge in [-0.3, -0.25) is 9.69 Å². The molecule has 0 bridgehead atoms. The first kappa shape index (κ1) is 34.1. The zero-order chi connectivity index (χ0) is 31.7. The summed E-state index contributed by atoms with van der Waals surface area (Å²) in [5.41, 5.74) is 1.26. The Balaban J connectivity index is 1.53. The number of aromatic nitrogens is 1. The Labute approximate surface area is 268 Å². The van der Waals surface area contributed by atoms with Crippen molar-refractivity contribution in [1.82, 2.24) is 14.8 Å². The fraction of sp³-hybridized carbons (Fsp3) is 0.639. The lowest BCUT2D eigenvalue weighted by Gasteiger charge is -2.40. The molecule has 0 unspecified atom stereocenters. The summed E-state index contributed by atoms with van der Waals surface area (Å²) < 4.78 is 6.37. The first-order valence-electron chi connectivity index (χ1n) is 16.4. The predicted molar refractivity (Wildman–Crippen MR) is 178 cm³/mol. The van der Waals surface area contributed by atoms with Gasteiger partial charge in [-0.2, -0.15) is 0 Å². The highest BCUT2D eigenvalue weighted by Crippen LogP contribution is 2.35. The van der Waals surface area contributed by atoms with Gasteiger partial charge in [0.05, 0.1) is 16.3 Å². The van der Waals surface area contributed by atoms with Gasteiger partial charge < -0.3 is 14.7 Å². The van der Waals surface area contributed by atoms with Gasteiger partial charge in [0.1, 0.15) is 6.10 Å². The van der Waals surface area contributed by atoms with E-state index in [2.05, 4.69) is 29.7 Å². The molecule has 2 saturated carbocycles. The van der Waals surface area contributed by atoms with Crippen molar-refractivity contribution < 1.29 is 19.4 Å². The van der Waals surface area contributed by atoms with E-state index in [1.807, 2.05) is 44.1 Å². The van der Waals surface area contributed by atoms with E-state index in [1.54, 1.807) is 6.08 Å². The number of ether oxygens (including phenoxy) is 1. The number of allylic oxidation sites excluding steroid dienone is 2. The Bertz CT molecular complexity index is 1250. The van der Waals surface area contributed by atoms with Crippen molar-refractivity contribution in [2.75, 3.05) is 19.3 Å². The van der Waals surface area contributed by atoms with Gasteiger partial charge in [0.15, 0.2) is 0 Å². The average molecular weight is 622 g/mol. The van der Waals surface area contributed by atoms with Crippen molar-refractivity contribution in [3.05, 3.63) is 46.6 Å². The number of hydrogen-bond acceptors (Lipinski definition) is 6. The Morgan fingerprint density at radius 2 is 1.75 bits per heavy atom. The predicted octanol–water partition coefficient (Wildman–Crippen LogP) is 7.29. The molecular formula is C36H51N3O4S. The standard InChI is InChI=1S/C36H51N3O4S/c1-26-11-13-27(14-12-26)35(42)39(30(24-34(40)41)23-32(44-5)19-20-36(2,3)4)29-15-17-31(18-16-29)43-33-10-8-9-28(37-33)25-38-21-6-7-22-38/h8-10,23-24,26-27,29,31H,6-7,11-18,21-22,25H2,1-5H3,(H,40,41)/b30-24-,32-23-. The molecule has 1 aliphatic heterocycles. The monoisotopic (exact) mass is 621 g/mol. The zero-order valence-electron chi connectivity index (χ0n) is 27.3. The highest BCUT2D eigenvalue weighted by molar-refractivity contribution is 8.02. The highest BCUT2D eigenvalue weighted by Gasteiger charge is 2.36. The lowest BCUT2D eigenvalue weighted by Crippen LogP contribution is -2.46. The third-order valence-corrected chi connectivity index (χ3v) is 9.53. The Morgan fingerprint density at radius 1 is 1.07 bits per heavy atom. The number of carbonyl (C=O) groups excluding carboxylic acids is 1. The van der Waals surface area contributed by atoms with Crippen LogP contribution in [0.2, 0.25) is 0 Å². The fourth-order valence-corrected chi connectivity index (χ4v) is 6.82. The molecular weight excluding hydrogens is 570 g/mol. The number of likely N-dealkylation sites (tertiary alicyclic amines) is 1.